The topological polar surface area (TPSA) is 61.3 Å². The first kappa shape index (κ1) is 19.5. The van der Waals surface area contributed by atoms with Gasteiger partial charge in [-0.05, 0) is 73.4 Å². The Bertz CT molecular complexity index is 754. The van der Waals surface area contributed by atoms with Crippen LogP contribution in [0.25, 0.3) is 0 Å². The molecule has 1 aliphatic rings. The molecule has 1 aliphatic carbocycles. The van der Waals surface area contributed by atoms with Crippen molar-refractivity contribution < 1.29 is 9.13 Å². The molecule has 146 valence electrons. The molecule has 4 heteroatoms. The van der Waals surface area contributed by atoms with Gasteiger partial charge in [0, 0.05) is 5.69 Å². The fraction of sp³-hybridized carbons (Fsp3) is 0.478. The van der Waals surface area contributed by atoms with Crippen LogP contribution in [0.3, 0.4) is 0 Å². The zero-order valence-corrected chi connectivity index (χ0v) is 16.2. The first-order chi connectivity index (χ1) is 13.1. The molecule has 3 rings (SSSR count). The number of nitrogen functional groups attached to an aromatic ring is 2. The third kappa shape index (κ3) is 5.15. The average Bonchev–Trinajstić information content (AvgIpc) is 2.66. The Balaban J connectivity index is 1.60. The van der Waals surface area contributed by atoms with E-state index in [1.165, 1.54) is 38.5 Å². The van der Waals surface area contributed by atoms with Gasteiger partial charge in [0.05, 0.1) is 5.69 Å². The van der Waals surface area contributed by atoms with Crippen LogP contribution in [0.1, 0.15) is 69.8 Å². The van der Waals surface area contributed by atoms with Crippen molar-refractivity contribution in [3.63, 3.8) is 0 Å². The highest BCUT2D eigenvalue weighted by molar-refractivity contribution is 5.61. The number of ether oxygens (including phenoxy) is 1. The summed E-state index contributed by atoms with van der Waals surface area (Å²) in [5.41, 5.74) is 13.6. The fourth-order valence-electron chi connectivity index (χ4n) is 4.10. The third-order valence-electron chi connectivity index (χ3n) is 5.74. The number of nitrogens with two attached hydrogens (primary N) is 2. The third-order valence-corrected chi connectivity index (χ3v) is 5.74. The molecule has 2 aromatic carbocycles. The van der Waals surface area contributed by atoms with Gasteiger partial charge >= 0.3 is 0 Å². The predicted molar refractivity (Wildman–Crippen MR) is 111 cm³/mol. The number of rotatable bonds is 7. The van der Waals surface area contributed by atoms with Gasteiger partial charge in [0.1, 0.15) is 0 Å². The Morgan fingerprint density at radius 3 is 2.37 bits per heavy atom. The highest BCUT2D eigenvalue weighted by Gasteiger charge is 2.23. The minimum absolute atomic E-state index is 0.198. The van der Waals surface area contributed by atoms with E-state index >= 15 is 0 Å². The normalized spacial score (nSPS) is 19.8. The summed E-state index contributed by atoms with van der Waals surface area (Å²) in [5, 5.41) is 0. The lowest BCUT2D eigenvalue weighted by Crippen LogP contribution is -2.13. The van der Waals surface area contributed by atoms with Crippen LogP contribution in [0, 0.1) is 11.7 Å². The largest absolute Gasteiger partial charge is 0.452 e. The Morgan fingerprint density at radius 2 is 1.70 bits per heavy atom. The van der Waals surface area contributed by atoms with Gasteiger partial charge in [-0.3, -0.25) is 0 Å². The number of hydrogen-bond donors (Lipinski definition) is 2. The highest BCUT2D eigenvalue weighted by Crippen LogP contribution is 2.39. The van der Waals surface area contributed by atoms with Crippen molar-refractivity contribution >= 4 is 11.4 Å². The van der Waals surface area contributed by atoms with Crippen LogP contribution in [-0.4, -0.2) is 0 Å². The Hall–Kier alpha value is -2.23. The summed E-state index contributed by atoms with van der Waals surface area (Å²) >= 11 is 0. The van der Waals surface area contributed by atoms with Gasteiger partial charge in [-0.25, -0.2) is 4.39 Å². The van der Waals surface area contributed by atoms with Crippen molar-refractivity contribution in [2.75, 3.05) is 11.5 Å². The van der Waals surface area contributed by atoms with Gasteiger partial charge < -0.3 is 16.2 Å². The van der Waals surface area contributed by atoms with E-state index in [1.807, 2.05) is 6.07 Å². The number of benzene rings is 2. The number of hydrogen-bond acceptors (Lipinski definition) is 3. The number of halogens is 1. The lowest BCUT2D eigenvalue weighted by Gasteiger charge is -2.29. The average molecular weight is 371 g/mol. The molecule has 1 saturated carbocycles. The van der Waals surface area contributed by atoms with Crippen molar-refractivity contribution in [1.82, 2.24) is 0 Å². The second-order valence-electron chi connectivity index (χ2n) is 7.80. The molecule has 0 amide bonds. The predicted octanol–water partition coefficient (Wildman–Crippen LogP) is 6.64. The summed E-state index contributed by atoms with van der Waals surface area (Å²) in [7, 11) is 0. The maximum Gasteiger partial charge on any atom is 0.166 e. The molecule has 0 aromatic heterocycles. The van der Waals surface area contributed by atoms with Crippen molar-refractivity contribution in [3.8, 4) is 11.5 Å². The molecule has 1 fully saturated rings. The molecule has 27 heavy (non-hydrogen) atoms. The van der Waals surface area contributed by atoms with E-state index in [9.17, 15) is 4.39 Å². The Labute approximate surface area is 161 Å². The van der Waals surface area contributed by atoms with E-state index in [0.717, 1.165) is 24.3 Å². The van der Waals surface area contributed by atoms with E-state index in [1.54, 1.807) is 30.3 Å². The van der Waals surface area contributed by atoms with Gasteiger partial charge in [-0.15, -0.1) is 0 Å². The van der Waals surface area contributed by atoms with Crippen LogP contribution in [0.15, 0.2) is 36.4 Å². The van der Waals surface area contributed by atoms with Crippen LogP contribution in [0.4, 0.5) is 15.8 Å². The second-order valence-corrected chi connectivity index (χ2v) is 7.80. The molecule has 0 aliphatic heterocycles. The van der Waals surface area contributed by atoms with Gasteiger partial charge in [0.2, 0.25) is 0 Å². The summed E-state index contributed by atoms with van der Waals surface area (Å²) in [6.07, 6.45) is 10.1. The fourth-order valence-corrected chi connectivity index (χ4v) is 4.10. The summed E-state index contributed by atoms with van der Waals surface area (Å²) in [6, 6.07) is 10.3. The Morgan fingerprint density at radius 1 is 0.963 bits per heavy atom. The maximum atomic E-state index is 14.6. The SMILES string of the molecule is CCCCCC1CCC(c2ccc(Oc3ccc(N)cc3N)c(F)c2)CC1. The summed E-state index contributed by atoms with van der Waals surface area (Å²) < 4.78 is 20.2. The monoisotopic (exact) mass is 370 g/mol. The summed E-state index contributed by atoms with van der Waals surface area (Å²) in [6.45, 7) is 2.25. The molecule has 3 nitrogen and oxygen atoms in total. The standard InChI is InChI=1S/C23H31FN2O/c1-2-3-4-5-16-6-8-17(9-7-16)18-10-12-22(20(24)14-18)27-23-13-11-19(25)15-21(23)26/h10-17H,2-9,25-26H2,1H3. The van der Waals surface area contributed by atoms with E-state index in [-0.39, 0.29) is 11.6 Å². The molecule has 0 saturated heterocycles. The molecular weight excluding hydrogens is 339 g/mol. The van der Waals surface area contributed by atoms with Crippen molar-refractivity contribution in [2.24, 2.45) is 5.92 Å². The quantitative estimate of drug-likeness (QED) is 0.424. The molecular formula is C23H31FN2O. The van der Waals surface area contributed by atoms with Gasteiger partial charge in [0.25, 0.3) is 0 Å². The van der Waals surface area contributed by atoms with Crippen LogP contribution in [0.2, 0.25) is 0 Å². The van der Waals surface area contributed by atoms with Crippen LogP contribution in [0.5, 0.6) is 11.5 Å². The number of anilines is 2. The lowest BCUT2D eigenvalue weighted by atomic mass is 9.77. The Kier molecular flexibility index (Phi) is 6.59. The lowest BCUT2D eigenvalue weighted by molar-refractivity contribution is 0.302. The maximum absolute atomic E-state index is 14.6. The van der Waals surface area contributed by atoms with E-state index in [4.69, 9.17) is 16.2 Å². The molecule has 0 unspecified atom stereocenters. The minimum atomic E-state index is -0.339. The van der Waals surface area contributed by atoms with Crippen LogP contribution >= 0.6 is 0 Å². The van der Waals surface area contributed by atoms with E-state index in [0.29, 0.717) is 23.0 Å². The summed E-state index contributed by atoms with van der Waals surface area (Å²) in [4.78, 5) is 0. The van der Waals surface area contributed by atoms with Crippen molar-refractivity contribution in [2.45, 2.75) is 64.2 Å². The first-order valence-corrected chi connectivity index (χ1v) is 10.2. The van der Waals surface area contributed by atoms with E-state index in [2.05, 4.69) is 6.92 Å². The molecule has 2 aromatic rings. The molecule has 0 bridgehead atoms. The highest BCUT2D eigenvalue weighted by atomic mass is 19.1. The first-order valence-electron chi connectivity index (χ1n) is 10.2. The molecule has 0 atom stereocenters. The van der Waals surface area contributed by atoms with Gasteiger partial charge in [-0.2, -0.15) is 0 Å². The number of unbranched alkanes of at least 4 members (excludes halogenated alkanes) is 2. The molecule has 4 N–H and O–H groups in total. The molecule has 0 heterocycles. The van der Waals surface area contributed by atoms with Gasteiger partial charge in [0.15, 0.2) is 17.3 Å². The van der Waals surface area contributed by atoms with Crippen LogP contribution in [-0.2, 0) is 0 Å². The molecule has 0 spiro atoms. The smallest absolute Gasteiger partial charge is 0.166 e. The molecule has 0 radical (unpaired) electrons. The zero-order valence-electron chi connectivity index (χ0n) is 16.2. The minimum Gasteiger partial charge on any atom is -0.452 e. The van der Waals surface area contributed by atoms with E-state index < -0.39 is 0 Å². The summed E-state index contributed by atoms with van der Waals surface area (Å²) in [5.74, 6) is 1.59. The van der Waals surface area contributed by atoms with Crippen LogP contribution < -0.4 is 16.2 Å². The van der Waals surface area contributed by atoms with Gasteiger partial charge in [-0.1, -0.05) is 38.7 Å². The zero-order chi connectivity index (χ0) is 19.2. The second kappa shape index (κ2) is 9.12. The van der Waals surface area contributed by atoms with Crippen molar-refractivity contribution in [3.05, 3.63) is 47.8 Å². The van der Waals surface area contributed by atoms with Crippen molar-refractivity contribution in [1.29, 1.82) is 0 Å².